The largest absolute Gasteiger partial charge is 0.459 e. The highest BCUT2D eigenvalue weighted by atomic mass is 16.5. The van der Waals surface area contributed by atoms with Gasteiger partial charge >= 0.3 is 6.01 Å². The van der Waals surface area contributed by atoms with Crippen LogP contribution in [-0.4, -0.2) is 84.3 Å². The van der Waals surface area contributed by atoms with Crippen molar-refractivity contribution in [1.29, 1.82) is 0 Å². The molecule has 232 valence electrons. The van der Waals surface area contributed by atoms with Crippen LogP contribution >= 0.6 is 0 Å². The number of hydrogen-bond donors (Lipinski definition) is 3. The minimum atomic E-state index is -0.0815. The second-order valence-electron chi connectivity index (χ2n) is 11.8. The zero-order valence-electron chi connectivity index (χ0n) is 25.7. The number of para-hydroxylation sites is 1. The normalized spacial score (nSPS) is 16.9. The number of ether oxygens (including phenoxy) is 1. The fourth-order valence-electron chi connectivity index (χ4n) is 6.06. The molecule has 0 aliphatic carbocycles. The molecule has 1 aromatic carbocycles. The van der Waals surface area contributed by atoms with Crippen LogP contribution < -0.4 is 20.3 Å². The molecule has 2 aliphatic heterocycles. The van der Waals surface area contributed by atoms with Crippen LogP contribution in [0.15, 0.2) is 48.9 Å². The molecule has 2 saturated heterocycles. The molecule has 0 bridgehead atoms. The van der Waals surface area contributed by atoms with Gasteiger partial charge in [-0.2, -0.15) is 10.1 Å². The van der Waals surface area contributed by atoms with Crippen molar-refractivity contribution in [2.24, 2.45) is 7.05 Å². The van der Waals surface area contributed by atoms with Gasteiger partial charge in [0.25, 0.3) is 0 Å². The molecule has 1 atom stereocenters. The van der Waals surface area contributed by atoms with E-state index >= 15 is 0 Å². The maximum absolute atomic E-state index is 13.2. The molecule has 0 unspecified atom stereocenters. The number of aryl methyl sites for hydroxylation is 3. The topological polar surface area (TPSA) is 142 Å². The Kier molecular flexibility index (Phi) is 7.76. The monoisotopic (exact) mass is 607 g/mol. The van der Waals surface area contributed by atoms with Crippen LogP contribution in [0.25, 0.3) is 22.2 Å². The minimum absolute atomic E-state index is 0.0572. The van der Waals surface area contributed by atoms with Gasteiger partial charge < -0.3 is 25.3 Å². The third kappa shape index (κ3) is 6.16. The fourth-order valence-corrected chi connectivity index (χ4v) is 6.06. The number of anilines is 4. The van der Waals surface area contributed by atoms with E-state index in [4.69, 9.17) is 9.72 Å². The smallest absolute Gasteiger partial charge is 0.318 e. The van der Waals surface area contributed by atoms with E-state index in [0.29, 0.717) is 24.3 Å². The van der Waals surface area contributed by atoms with Gasteiger partial charge in [0.2, 0.25) is 11.9 Å². The summed E-state index contributed by atoms with van der Waals surface area (Å²) in [6.07, 6.45) is 8.61. The number of likely N-dealkylation sites (tertiary alicyclic amines) is 1. The van der Waals surface area contributed by atoms with Crippen molar-refractivity contribution in [1.82, 2.24) is 39.6 Å². The third-order valence-electron chi connectivity index (χ3n) is 8.49. The molecule has 5 aromatic rings. The average Bonchev–Trinajstić information content (AvgIpc) is 3.84. The summed E-state index contributed by atoms with van der Waals surface area (Å²) in [5.41, 5.74) is 5.25. The molecule has 7 rings (SSSR count). The van der Waals surface area contributed by atoms with Gasteiger partial charge in [0.05, 0.1) is 23.4 Å². The maximum Gasteiger partial charge on any atom is 0.318 e. The number of hydrogen-bond acceptors (Lipinski definition) is 10. The number of nitrogens with zero attached hydrogens (tertiary/aromatic N) is 8. The van der Waals surface area contributed by atoms with Crippen molar-refractivity contribution in [2.75, 3.05) is 48.3 Å². The van der Waals surface area contributed by atoms with Gasteiger partial charge in [-0.15, -0.1) is 0 Å². The number of H-pyrrole nitrogens is 1. The van der Waals surface area contributed by atoms with Crippen LogP contribution in [0.2, 0.25) is 0 Å². The number of aromatic nitrogens is 7. The van der Waals surface area contributed by atoms with E-state index in [-0.39, 0.29) is 18.6 Å². The molecule has 13 nitrogen and oxygen atoms in total. The van der Waals surface area contributed by atoms with Gasteiger partial charge in [-0.25, -0.2) is 15.0 Å². The molecule has 0 saturated carbocycles. The summed E-state index contributed by atoms with van der Waals surface area (Å²) in [6, 6.07) is 10.2. The number of fused-ring (bicyclic) bond motifs is 1. The van der Waals surface area contributed by atoms with Gasteiger partial charge in [0.15, 0.2) is 5.82 Å². The van der Waals surface area contributed by atoms with Crippen molar-refractivity contribution >= 4 is 40.1 Å². The first-order valence-electron chi connectivity index (χ1n) is 15.4. The Hall–Kier alpha value is -5.04. The van der Waals surface area contributed by atoms with Crippen LogP contribution in [-0.2, 0) is 11.8 Å². The first-order valence-corrected chi connectivity index (χ1v) is 15.4. The second kappa shape index (κ2) is 12.2. The Morgan fingerprint density at radius 1 is 1.11 bits per heavy atom. The molecular weight excluding hydrogens is 570 g/mol. The molecule has 0 spiro atoms. The Morgan fingerprint density at radius 3 is 2.80 bits per heavy atom. The Morgan fingerprint density at radius 2 is 1.98 bits per heavy atom. The summed E-state index contributed by atoms with van der Waals surface area (Å²) in [5.74, 6) is 1.98. The standard InChI is InChI=1S/C32H37N11O2/c1-20-16-35-31(37-26-15-21(2)41(3)40-26)39-29(20)24-17-34-30-23(24)7-6-8-25(30)36-28(44)19-42-14-10-22(18-42)45-32-33-11-9-27(38-32)43-12-4-5-13-43/h6-9,11,15-17,22,34H,4-5,10,12-14,18-19H2,1-3H3,(H,36,44)(H,35,37,39,40)/t22-/m0/s1. The predicted molar refractivity (Wildman–Crippen MR) is 173 cm³/mol. The van der Waals surface area contributed by atoms with E-state index < -0.39 is 0 Å². The van der Waals surface area contributed by atoms with Crippen LogP contribution in [0.5, 0.6) is 6.01 Å². The van der Waals surface area contributed by atoms with Crippen molar-refractivity contribution in [3.05, 3.63) is 60.2 Å². The minimum Gasteiger partial charge on any atom is -0.459 e. The van der Waals surface area contributed by atoms with E-state index in [1.165, 1.54) is 12.8 Å². The first-order chi connectivity index (χ1) is 21.9. The molecule has 2 fully saturated rings. The number of carbonyl (C=O) groups is 1. The van der Waals surface area contributed by atoms with Gasteiger partial charge in [-0.1, -0.05) is 12.1 Å². The summed E-state index contributed by atoms with van der Waals surface area (Å²) in [6.45, 7) is 7.69. The molecule has 4 aromatic heterocycles. The van der Waals surface area contributed by atoms with E-state index in [1.54, 1.807) is 17.1 Å². The molecule has 1 amide bonds. The zero-order chi connectivity index (χ0) is 30.9. The van der Waals surface area contributed by atoms with Crippen molar-refractivity contribution in [3.8, 4) is 17.3 Å². The fraction of sp³-hybridized carbons (Fsp3) is 0.375. The summed E-state index contributed by atoms with van der Waals surface area (Å²) in [5, 5.41) is 11.7. The Labute approximate surface area is 261 Å². The van der Waals surface area contributed by atoms with Crippen LogP contribution in [0.1, 0.15) is 30.5 Å². The van der Waals surface area contributed by atoms with Gasteiger partial charge in [-0.3, -0.25) is 14.4 Å². The van der Waals surface area contributed by atoms with E-state index in [0.717, 1.165) is 71.0 Å². The number of carbonyl (C=O) groups excluding carboxylic acids is 1. The van der Waals surface area contributed by atoms with Crippen molar-refractivity contribution < 1.29 is 9.53 Å². The summed E-state index contributed by atoms with van der Waals surface area (Å²) < 4.78 is 7.92. The zero-order valence-corrected chi connectivity index (χ0v) is 25.7. The molecule has 13 heteroatoms. The van der Waals surface area contributed by atoms with Crippen LogP contribution in [0.3, 0.4) is 0 Å². The number of rotatable bonds is 9. The lowest BCUT2D eigenvalue weighted by Crippen LogP contribution is -2.33. The summed E-state index contributed by atoms with van der Waals surface area (Å²) >= 11 is 0. The molecule has 2 aliphatic rings. The lowest BCUT2D eigenvalue weighted by molar-refractivity contribution is -0.117. The van der Waals surface area contributed by atoms with Crippen LogP contribution in [0.4, 0.5) is 23.3 Å². The lowest BCUT2D eigenvalue weighted by atomic mass is 10.1. The number of benzene rings is 1. The third-order valence-corrected chi connectivity index (χ3v) is 8.49. The Bertz CT molecular complexity index is 1820. The number of aromatic amines is 1. The first kappa shape index (κ1) is 28.7. The van der Waals surface area contributed by atoms with Crippen LogP contribution in [0, 0.1) is 13.8 Å². The van der Waals surface area contributed by atoms with E-state index in [2.05, 4.69) is 45.5 Å². The molecule has 45 heavy (non-hydrogen) atoms. The Balaban J connectivity index is 1.000. The highest BCUT2D eigenvalue weighted by molar-refractivity contribution is 6.06. The SMILES string of the molecule is Cc1cnc(Nc2cc(C)n(C)n2)nc1-c1c[nH]c2c(NC(=O)CN3CC[C@H](Oc4nccc(N5CCCC5)n4)C3)cccc12. The van der Waals surface area contributed by atoms with Crippen molar-refractivity contribution in [2.45, 2.75) is 39.2 Å². The summed E-state index contributed by atoms with van der Waals surface area (Å²) in [4.78, 5) is 39.1. The summed E-state index contributed by atoms with van der Waals surface area (Å²) in [7, 11) is 1.89. The highest BCUT2D eigenvalue weighted by Crippen LogP contribution is 2.33. The van der Waals surface area contributed by atoms with Gasteiger partial charge in [-0.05, 0) is 50.8 Å². The van der Waals surface area contributed by atoms with Crippen molar-refractivity contribution in [3.63, 3.8) is 0 Å². The maximum atomic E-state index is 13.2. The van der Waals surface area contributed by atoms with E-state index in [9.17, 15) is 4.79 Å². The number of amides is 1. The van der Waals surface area contributed by atoms with Gasteiger partial charge in [0, 0.05) is 74.5 Å². The quantitative estimate of drug-likeness (QED) is 0.223. The lowest BCUT2D eigenvalue weighted by Gasteiger charge is -2.18. The highest BCUT2D eigenvalue weighted by Gasteiger charge is 2.27. The molecule has 0 radical (unpaired) electrons. The van der Waals surface area contributed by atoms with Gasteiger partial charge in [0.1, 0.15) is 11.9 Å². The molecular formula is C32H37N11O2. The molecule has 3 N–H and O–H groups in total. The second-order valence-corrected chi connectivity index (χ2v) is 11.8. The van der Waals surface area contributed by atoms with E-state index in [1.807, 2.05) is 57.4 Å². The number of nitrogens with one attached hydrogen (secondary N) is 3. The molecule has 6 heterocycles. The average molecular weight is 608 g/mol. The predicted octanol–water partition coefficient (Wildman–Crippen LogP) is 4.20.